The first-order chi connectivity index (χ1) is 7.19. The first-order valence-corrected chi connectivity index (χ1v) is 5.63. The zero-order valence-electron chi connectivity index (χ0n) is 8.99. The number of fused-ring (bicyclic) bond motifs is 2. The Balaban J connectivity index is 1.96. The van der Waals surface area contributed by atoms with E-state index in [2.05, 4.69) is 5.32 Å². The SMILES string of the molecule is CCOC(=O)C1C[C@H]2CC(=O)C[C@@H](C1)N2. The molecule has 2 aliphatic heterocycles. The average molecular weight is 211 g/mol. The molecule has 0 aromatic rings. The van der Waals surface area contributed by atoms with Gasteiger partial charge in [-0.3, -0.25) is 9.59 Å². The minimum Gasteiger partial charge on any atom is -0.466 e. The van der Waals surface area contributed by atoms with Gasteiger partial charge in [-0.15, -0.1) is 0 Å². The molecule has 2 rings (SSSR count). The second-order valence-corrected chi connectivity index (χ2v) is 4.43. The zero-order valence-corrected chi connectivity index (χ0v) is 8.99. The fraction of sp³-hybridized carbons (Fsp3) is 0.818. The Morgan fingerprint density at radius 1 is 1.40 bits per heavy atom. The molecule has 0 aromatic carbocycles. The molecule has 2 fully saturated rings. The van der Waals surface area contributed by atoms with Crippen LogP contribution in [0.1, 0.15) is 32.6 Å². The number of carbonyl (C=O) groups is 2. The summed E-state index contributed by atoms with van der Waals surface area (Å²) in [5.41, 5.74) is 0. The third-order valence-electron chi connectivity index (χ3n) is 3.18. The minimum atomic E-state index is -0.0941. The van der Waals surface area contributed by atoms with Crippen LogP contribution in [-0.2, 0) is 14.3 Å². The quantitative estimate of drug-likeness (QED) is 0.681. The highest BCUT2D eigenvalue weighted by atomic mass is 16.5. The maximum absolute atomic E-state index is 11.6. The van der Waals surface area contributed by atoms with Crippen LogP contribution in [0.15, 0.2) is 0 Å². The van der Waals surface area contributed by atoms with Gasteiger partial charge in [0.25, 0.3) is 0 Å². The number of rotatable bonds is 2. The Labute approximate surface area is 89.4 Å². The van der Waals surface area contributed by atoms with Crippen molar-refractivity contribution >= 4 is 11.8 Å². The number of nitrogens with one attached hydrogen (secondary N) is 1. The maximum Gasteiger partial charge on any atom is 0.309 e. The highest BCUT2D eigenvalue weighted by molar-refractivity contribution is 5.81. The summed E-state index contributed by atoms with van der Waals surface area (Å²) in [5, 5.41) is 3.38. The lowest BCUT2D eigenvalue weighted by Gasteiger charge is -2.38. The van der Waals surface area contributed by atoms with E-state index >= 15 is 0 Å². The van der Waals surface area contributed by atoms with Crippen molar-refractivity contribution in [1.29, 1.82) is 0 Å². The number of ketones is 1. The van der Waals surface area contributed by atoms with Gasteiger partial charge in [0, 0.05) is 24.9 Å². The zero-order chi connectivity index (χ0) is 10.8. The Bertz CT molecular complexity index is 261. The van der Waals surface area contributed by atoms with E-state index in [1.165, 1.54) is 0 Å². The van der Waals surface area contributed by atoms with Gasteiger partial charge in [-0.1, -0.05) is 0 Å². The predicted molar refractivity (Wildman–Crippen MR) is 54.3 cm³/mol. The summed E-state index contributed by atoms with van der Waals surface area (Å²) in [5.74, 6) is 0.226. The molecule has 0 saturated carbocycles. The van der Waals surface area contributed by atoms with E-state index in [-0.39, 0.29) is 24.0 Å². The Kier molecular flexibility index (Phi) is 3.05. The van der Waals surface area contributed by atoms with Gasteiger partial charge >= 0.3 is 5.97 Å². The number of piperidine rings is 2. The summed E-state index contributed by atoms with van der Waals surface area (Å²) >= 11 is 0. The molecule has 2 saturated heterocycles. The lowest BCUT2D eigenvalue weighted by Crippen LogP contribution is -2.52. The van der Waals surface area contributed by atoms with E-state index in [0.717, 1.165) is 12.8 Å². The molecule has 0 aliphatic carbocycles. The fourth-order valence-corrected chi connectivity index (χ4v) is 2.62. The van der Waals surface area contributed by atoms with Crippen LogP contribution in [0.3, 0.4) is 0 Å². The molecule has 0 aromatic heterocycles. The molecular formula is C11H17NO3. The molecule has 0 amide bonds. The molecule has 2 bridgehead atoms. The molecule has 1 N–H and O–H groups in total. The molecule has 1 unspecified atom stereocenters. The van der Waals surface area contributed by atoms with Crippen LogP contribution < -0.4 is 5.32 Å². The van der Waals surface area contributed by atoms with E-state index in [4.69, 9.17) is 4.74 Å². The largest absolute Gasteiger partial charge is 0.466 e. The second-order valence-electron chi connectivity index (χ2n) is 4.43. The number of hydrogen-bond acceptors (Lipinski definition) is 4. The van der Waals surface area contributed by atoms with Crippen LogP contribution in [0, 0.1) is 5.92 Å². The van der Waals surface area contributed by atoms with Crippen molar-refractivity contribution in [1.82, 2.24) is 5.32 Å². The molecule has 84 valence electrons. The summed E-state index contributed by atoms with van der Waals surface area (Å²) in [7, 11) is 0. The number of ether oxygens (including phenoxy) is 1. The molecule has 0 spiro atoms. The lowest BCUT2D eigenvalue weighted by molar-refractivity contribution is -0.150. The Morgan fingerprint density at radius 2 is 2.00 bits per heavy atom. The first kappa shape index (κ1) is 10.6. The Hall–Kier alpha value is -0.900. The molecular weight excluding hydrogens is 194 g/mol. The standard InChI is InChI=1S/C11H17NO3/c1-2-15-11(14)7-3-8-5-10(13)6-9(4-7)12-8/h7-9,12H,2-6H2,1H3/t7?,8-,9+. The van der Waals surface area contributed by atoms with Crippen molar-refractivity contribution in [2.75, 3.05) is 6.61 Å². The summed E-state index contributed by atoms with van der Waals surface area (Å²) in [4.78, 5) is 22.9. The van der Waals surface area contributed by atoms with Crippen LogP contribution in [-0.4, -0.2) is 30.4 Å². The average Bonchev–Trinajstić information content (AvgIpc) is 2.16. The number of Topliss-reactive ketones (excluding diaryl/α,β-unsaturated/α-hetero) is 1. The molecule has 4 heteroatoms. The summed E-state index contributed by atoms with van der Waals surface area (Å²) in [6.07, 6.45) is 2.65. The van der Waals surface area contributed by atoms with Gasteiger partial charge in [-0.2, -0.15) is 0 Å². The highest BCUT2D eigenvalue weighted by Crippen LogP contribution is 2.28. The van der Waals surface area contributed by atoms with Gasteiger partial charge in [0.1, 0.15) is 5.78 Å². The predicted octanol–water partition coefficient (Wildman–Crippen LogP) is 0.649. The summed E-state index contributed by atoms with van der Waals surface area (Å²) in [6.45, 7) is 2.26. The Morgan fingerprint density at radius 3 is 2.53 bits per heavy atom. The van der Waals surface area contributed by atoms with E-state index in [1.807, 2.05) is 6.92 Å². The van der Waals surface area contributed by atoms with Crippen molar-refractivity contribution in [2.24, 2.45) is 5.92 Å². The monoisotopic (exact) mass is 211 g/mol. The number of hydrogen-bond donors (Lipinski definition) is 1. The van der Waals surface area contributed by atoms with E-state index in [9.17, 15) is 9.59 Å². The third kappa shape index (κ3) is 2.37. The van der Waals surface area contributed by atoms with Crippen molar-refractivity contribution < 1.29 is 14.3 Å². The summed E-state index contributed by atoms with van der Waals surface area (Å²) in [6, 6.07) is 0.388. The van der Waals surface area contributed by atoms with Crippen molar-refractivity contribution in [3.05, 3.63) is 0 Å². The van der Waals surface area contributed by atoms with Crippen LogP contribution in [0.25, 0.3) is 0 Å². The van der Waals surface area contributed by atoms with E-state index < -0.39 is 0 Å². The lowest BCUT2D eigenvalue weighted by atomic mass is 9.80. The molecule has 2 aliphatic rings. The van der Waals surface area contributed by atoms with Crippen LogP contribution >= 0.6 is 0 Å². The minimum absolute atomic E-state index is 0.00528. The van der Waals surface area contributed by atoms with Crippen LogP contribution in [0.4, 0.5) is 0 Å². The molecule has 15 heavy (non-hydrogen) atoms. The van der Waals surface area contributed by atoms with Crippen molar-refractivity contribution in [3.63, 3.8) is 0 Å². The summed E-state index contributed by atoms with van der Waals surface area (Å²) < 4.78 is 5.02. The van der Waals surface area contributed by atoms with Crippen LogP contribution in [0.5, 0.6) is 0 Å². The second kappa shape index (κ2) is 4.31. The molecule has 0 radical (unpaired) electrons. The van der Waals surface area contributed by atoms with Gasteiger partial charge in [-0.25, -0.2) is 0 Å². The molecule has 4 nitrogen and oxygen atoms in total. The van der Waals surface area contributed by atoms with Gasteiger partial charge in [0.15, 0.2) is 0 Å². The normalized spacial score (nSPS) is 35.0. The van der Waals surface area contributed by atoms with Gasteiger partial charge in [0.05, 0.1) is 12.5 Å². The van der Waals surface area contributed by atoms with E-state index in [1.54, 1.807) is 0 Å². The van der Waals surface area contributed by atoms with Gasteiger partial charge < -0.3 is 10.1 Å². The maximum atomic E-state index is 11.6. The fourth-order valence-electron chi connectivity index (χ4n) is 2.62. The van der Waals surface area contributed by atoms with Crippen LogP contribution in [0.2, 0.25) is 0 Å². The highest BCUT2D eigenvalue weighted by Gasteiger charge is 2.37. The third-order valence-corrected chi connectivity index (χ3v) is 3.18. The van der Waals surface area contributed by atoms with Crippen molar-refractivity contribution in [2.45, 2.75) is 44.7 Å². The smallest absolute Gasteiger partial charge is 0.309 e. The topological polar surface area (TPSA) is 55.4 Å². The van der Waals surface area contributed by atoms with Crippen molar-refractivity contribution in [3.8, 4) is 0 Å². The van der Waals surface area contributed by atoms with E-state index in [0.29, 0.717) is 25.2 Å². The van der Waals surface area contributed by atoms with Gasteiger partial charge in [-0.05, 0) is 19.8 Å². The number of esters is 1. The number of carbonyl (C=O) groups excluding carboxylic acids is 2. The van der Waals surface area contributed by atoms with Gasteiger partial charge in [0.2, 0.25) is 0 Å². The first-order valence-electron chi connectivity index (χ1n) is 5.63. The molecule has 2 heterocycles. The molecule has 3 atom stereocenters.